The molecule has 0 aliphatic heterocycles. The first-order chi connectivity index (χ1) is 3.41. The Balaban J connectivity index is 2.92. The predicted molar refractivity (Wildman–Crippen MR) is 42.8 cm³/mol. The Morgan fingerprint density at radius 2 is 2.29 bits per heavy atom. The zero-order chi connectivity index (χ0) is 5.54. The molecule has 1 heteroatoms. The van der Waals surface area contributed by atoms with Gasteiger partial charge in [-0.2, -0.15) is 0 Å². The Morgan fingerprint density at radius 3 is 2.71 bits per heavy atom. The molecule has 40 valence electrons. The van der Waals surface area contributed by atoms with Crippen LogP contribution in [0.1, 0.15) is 6.42 Å². The number of rotatable bonds is 3. The third-order valence-electron chi connectivity index (χ3n) is 0.548. The van der Waals surface area contributed by atoms with Crippen LogP contribution in [0.2, 0.25) is 0 Å². The molecule has 0 bridgehead atoms. The van der Waals surface area contributed by atoms with Crippen LogP contribution in [0.25, 0.3) is 0 Å². The van der Waals surface area contributed by atoms with Crippen LogP contribution in [0.15, 0.2) is 24.8 Å². The van der Waals surface area contributed by atoms with E-state index in [1.54, 1.807) is 6.08 Å². The second-order valence-corrected chi connectivity index (χ2v) is 2.22. The van der Waals surface area contributed by atoms with E-state index < -0.39 is 0 Å². The van der Waals surface area contributed by atoms with Crippen LogP contribution in [0.3, 0.4) is 0 Å². The molecule has 0 spiro atoms. The monoisotopic (exact) mass is 208 g/mol. The highest BCUT2D eigenvalue weighted by atomic mass is 127. The van der Waals surface area contributed by atoms with Crippen LogP contribution in [0.5, 0.6) is 0 Å². The quantitative estimate of drug-likeness (QED) is 0.379. The molecule has 0 aliphatic carbocycles. The molecule has 0 aromatic rings. The number of hydrogen-bond donors (Lipinski definition) is 0. The van der Waals surface area contributed by atoms with Gasteiger partial charge in [-0.05, 0) is 6.42 Å². The molecule has 0 aromatic heterocycles. The number of hydrogen-bond acceptors (Lipinski definition) is 0. The van der Waals surface area contributed by atoms with Gasteiger partial charge in [-0.25, -0.2) is 0 Å². The van der Waals surface area contributed by atoms with Gasteiger partial charge in [-0.3, -0.25) is 0 Å². The summed E-state index contributed by atoms with van der Waals surface area (Å²) in [6, 6.07) is 0. The molecule has 0 heterocycles. The molecule has 0 N–H and O–H groups in total. The number of halogens is 1. The highest BCUT2D eigenvalue weighted by Crippen LogP contribution is 1.88. The molecular formula is C6H9I. The summed E-state index contributed by atoms with van der Waals surface area (Å²) in [4.78, 5) is 0. The Bertz CT molecular complexity index is 64.6. The van der Waals surface area contributed by atoms with E-state index >= 15 is 0 Å². The highest BCUT2D eigenvalue weighted by molar-refractivity contribution is 14.1. The summed E-state index contributed by atoms with van der Waals surface area (Å²) in [7, 11) is 0. The summed E-state index contributed by atoms with van der Waals surface area (Å²) in [6.45, 7) is 3.54. The maximum atomic E-state index is 3.54. The van der Waals surface area contributed by atoms with Gasteiger partial charge in [0.1, 0.15) is 0 Å². The lowest BCUT2D eigenvalue weighted by Crippen LogP contribution is -1.61. The van der Waals surface area contributed by atoms with Crippen molar-refractivity contribution in [3.05, 3.63) is 24.8 Å². The molecule has 0 atom stereocenters. The summed E-state index contributed by atoms with van der Waals surface area (Å²) in [5, 5.41) is 0. The van der Waals surface area contributed by atoms with E-state index in [0.29, 0.717) is 0 Å². The molecule has 7 heavy (non-hydrogen) atoms. The smallest absolute Gasteiger partial charge is 0.00300 e. The second-order valence-electron chi connectivity index (χ2n) is 1.14. The molecule has 0 amide bonds. The Kier molecular flexibility index (Phi) is 6.40. The van der Waals surface area contributed by atoms with Crippen molar-refractivity contribution in [2.75, 3.05) is 4.43 Å². The van der Waals surface area contributed by atoms with Crippen LogP contribution in [-0.4, -0.2) is 4.43 Å². The minimum absolute atomic E-state index is 1.16. The standard InChI is InChI=1S/C6H9I/c1-2-3-4-5-6-7/h2-4H,1,5-6H2. The maximum absolute atomic E-state index is 3.54. The van der Waals surface area contributed by atoms with Crippen LogP contribution >= 0.6 is 22.6 Å². The molecule has 0 nitrogen and oxygen atoms in total. The Hall–Kier alpha value is 0.210. The third-order valence-corrected chi connectivity index (χ3v) is 1.17. The lowest BCUT2D eigenvalue weighted by Gasteiger charge is -1.75. The van der Waals surface area contributed by atoms with E-state index in [1.807, 2.05) is 6.08 Å². The third kappa shape index (κ3) is 6.21. The molecule has 0 unspecified atom stereocenters. The van der Waals surface area contributed by atoms with Crippen LogP contribution in [0, 0.1) is 0 Å². The molecule has 0 rings (SSSR count). The van der Waals surface area contributed by atoms with Crippen LogP contribution in [0.4, 0.5) is 0 Å². The maximum Gasteiger partial charge on any atom is 0.00300 e. The number of alkyl halides is 1. The van der Waals surface area contributed by atoms with Crippen molar-refractivity contribution in [2.24, 2.45) is 0 Å². The average molecular weight is 208 g/mol. The van der Waals surface area contributed by atoms with Gasteiger partial charge >= 0.3 is 0 Å². The SMILES string of the molecule is C=CC=CCCI. The van der Waals surface area contributed by atoms with Crippen molar-refractivity contribution in [2.45, 2.75) is 6.42 Å². The first-order valence-corrected chi connectivity index (χ1v) is 3.78. The minimum Gasteiger partial charge on any atom is -0.0991 e. The lowest BCUT2D eigenvalue weighted by atomic mass is 10.4. The number of allylic oxidation sites excluding steroid dienone is 3. The van der Waals surface area contributed by atoms with Gasteiger partial charge in [-0.1, -0.05) is 47.4 Å². The van der Waals surface area contributed by atoms with Crippen LogP contribution < -0.4 is 0 Å². The van der Waals surface area contributed by atoms with E-state index in [1.165, 1.54) is 4.43 Å². The Morgan fingerprint density at radius 1 is 1.57 bits per heavy atom. The van der Waals surface area contributed by atoms with Gasteiger partial charge in [0, 0.05) is 4.43 Å². The summed E-state index contributed by atoms with van der Waals surface area (Å²) >= 11 is 2.34. The van der Waals surface area contributed by atoms with Gasteiger partial charge in [0.15, 0.2) is 0 Å². The van der Waals surface area contributed by atoms with Crippen molar-refractivity contribution in [1.82, 2.24) is 0 Å². The van der Waals surface area contributed by atoms with Gasteiger partial charge in [0.25, 0.3) is 0 Å². The molecule has 0 saturated heterocycles. The molecule has 0 aromatic carbocycles. The summed E-state index contributed by atoms with van der Waals surface area (Å²) in [5.74, 6) is 0. The minimum atomic E-state index is 1.16. The van der Waals surface area contributed by atoms with E-state index in [2.05, 4.69) is 35.2 Å². The summed E-state index contributed by atoms with van der Waals surface area (Å²) < 4.78 is 1.20. The first kappa shape index (κ1) is 7.21. The van der Waals surface area contributed by atoms with Crippen molar-refractivity contribution >= 4 is 22.6 Å². The lowest BCUT2D eigenvalue weighted by molar-refractivity contribution is 1.28. The van der Waals surface area contributed by atoms with Crippen LogP contribution in [-0.2, 0) is 0 Å². The normalized spacial score (nSPS) is 9.86. The topological polar surface area (TPSA) is 0 Å². The van der Waals surface area contributed by atoms with E-state index in [-0.39, 0.29) is 0 Å². The van der Waals surface area contributed by atoms with E-state index in [9.17, 15) is 0 Å². The average Bonchev–Trinajstić information content (AvgIpc) is 1.69. The fourth-order valence-corrected chi connectivity index (χ4v) is 0.615. The van der Waals surface area contributed by atoms with E-state index in [4.69, 9.17) is 0 Å². The summed E-state index contributed by atoms with van der Waals surface area (Å²) in [6.07, 6.45) is 7.04. The highest BCUT2D eigenvalue weighted by Gasteiger charge is 1.67. The summed E-state index contributed by atoms with van der Waals surface area (Å²) in [5.41, 5.74) is 0. The van der Waals surface area contributed by atoms with Crippen molar-refractivity contribution in [3.8, 4) is 0 Å². The van der Waals surface area contributed by atoms with Gasteiger partial charge in [-0.15, -0.1) is 0 Å². The van der Waals surface area contributed by atoms with Crippen molar-refractivity contribution in [3.63, 3.8) is 0 Å². The molecule has 0 aliphatic rings. The zero-order valence-electron chi connectivity index (χ0n) is 4.23. The molecule has 0 radical (unpaired) electrons. The Labute approximate surface area is 58.4 Å². The molecule has 0 saturated carbocycles. The fraction of sp³-hybridized carbons (Fsp3) is 0.333. The van der Waals surface area contributed by atoms with Crippen molar-refractivity contribution < 1.29 is 0 Å². The second kappa shape index (κ2) is 6.21. The molecular weight excluding hydrogens is 199 g/mol. The van der Waals surface area contributed by atoms with Crippen molar-refractivity contribution in [1.29, 1.82) is 0 Å². The molecule has 0 fully saturated rings. The van der Waals surface area contributed by atoms with Gasteiger partial charge < -0.3 is 0 Å². The predicted octanol–water partition coefficient (Wildman–Crippen LogP) is 2.55. The van der Waals surface area contributed by atoms with E-state index in [0.717, 1.165) is 6.42 Å². The first-order valence-electron chi connectivity index (χ1n) is 2.25. The van der Waals surface area contributed by atoms with Gasteiger partial charge in [0.05, 0.1) is 0 Å². The fourth-order valence-electron chi connectivity index (χ4n) is 0.255. The van der Waals surface area contributed by atoms with Gasteiger partial charge in [0.2, 0.25) is 0 Å². The largest absolute Gasteiger partial charge is 0.0991 e. The zero-order valence-corrected chi connectivity index (χ0v) is 6.39.